The van der Waals surface area contributed by atoms with Gasteiger partial charge >= 0.3 is 0 Å². The molecule has 1 radical (unpaired) electrons. The first-order valence-electron chi connectivity index (χ1n) is 4.63. The number of hydrogen-bond donors (Lipinski definition) is 0. The Morgan fingerprint density at radius 3 is 1.23 bits per heavy atom. The molecule has 0 rings (SSSR count). The SMILES string of the molecule is C[Si]([Si](C)(C)Cl)[Si](C)(C)[Si](C)(C)Cl. The van der Waals surface area contributed by atoms with E-state index in [1.807, 2.05) is 0 Å². The van der Waals surface area contributed by atoms with Gasteiger partial charge in [0.2, 0.25) is 0 Å². The quantitative estimate of drug-likeness (QED) is 0.545. The van der Waals surface area contributed by atoms with Crippen LogP contribution in [0.15, 0.2) is 0 Å². The lowest BCUT2D eigenvalue weighted by molar-refractivity contribution is 1.88. The number of hydrogen-bond acceptors (Lipinski definition) is 0. The summed E-state index contributed by atoms with van der Waals surface area (Å²) in [6.07, 6.45) is 0. The normalized spacial score (nSPS) is 15.2. The lowest BCUT2D eigenvalue weighted by atomic mass is 11.9. The second-order valence-electron chi connectivity index (χ2n) is 5.19. The van der Waals surface area contributed by atoms with Gasteiger partial charge in [-0.05, 0) is 0 Å². The predicted octanol–water partition coefficient (Wildman–Crippen LogP) is 3.94. The third kappa shape index (κ3) is 3.50. The first-order valence-corrected chi connectivity index (χ1v) is 20.7. The van der Waals surface area contributed by atoms with E-state index in [1.165, 1.54) is 0 Å². The molecule has 0 aromatic rings. The van der Waals surface area contributed by atoms with E-state index < -0.39 is 20.9 Å². The maximum absolute atomic E-state index is 6.62. The molecule has 0 N–H and O–H groups in total. The van der Waals surface area contributed by atoms with E-state index in [-0.39, 0.29) is 7.83 Å². The molecule has 0 heterocycles. The summed E-state index contributed by atoms with van der Waals surface area (Å²) < 4.78 is 0. The summed E-state index contributed by atoms with van der Waals surface area (Å²) in [6, 6.07) is 0. The highest BCUT2D eigenvalue weighted by Gasteiger charge is 2.50. The average molecular weight is 288 g/mol. The summed E-state index contributed by atoms with van der Waals surface area (Å²) in [6.45, 7) is 13.6. The van der Waals surface area contributed by atoms with Crippen molar-refractivity contribution in [3.8, 4) is 0 Å². The second-order valence-corrected chi connectivity index (χ2v) is 45.7. The minimum Gasteiger partial charge on any atom is -0.172 e. The molecule has 0 saturated carbocycles. The molecule has 0 bridgehead atoms. The highest BCUT2D eigenvalue weighted by Crippen LogP contribution is 2.30. The zero-order valence-corrected chi connectivity index (χ0v) is 15.3. The lowest BCUT2D eigenvalue weighted by Gasteiger charge is -2.41. The smallest absolute Gasteiger partial charge is 0.138 e. The first kappa shape index (κ1) is 14.4. The lowest BCUT2D eigenvalue weighted by Crippen LogP contribution is -2.68. The second kappa shape index (κ2) is 4.13. The summed E-state index contributed by atoms with van der Waals surface area (Å²) in [5, 5.41) is 0. The van der Waals surface area contributed by atoms with Crippen molar-refractivity contribution >= 4 is 50.9 Å². The first-order chi connectivity index (χ1) is 5.40. The molecule has 0 aromatic carbocycles. The fraction of sp³-hybridized carbons (Fsp3) is 1.00. The minimum absolute atomic E-state index is 0.366. The number of halogens is 2. The van der Waals surface area contributed by atoms with Gasteiger partial charge in [0, 0.05) is 7.83 Å². The van der Waals surface area contributed by atoms with Gasteiger partial charge in [0.15, 0.2) is 0 Å². The maximum atomic E-state index is 6.62. The Kier molecular flexibility index (Phi) is 4.60. The van der Waals surface area contributed by atoms with Crippen molar-refractivity contribution in [3.63, 3.8) is 0 Å². The van der Waals surface area contributed by atoms with Crippen molar-refractivity contribution in [2.75, 3.05) is 0 Å². The zero-order valence-electron chi connectivity index (χ0n) is 9.76. The molecule has 79 valence electrons. The zero-order chi connectivity index (χ0) is 11.1. The van der Waals surface area contributed by atoms with Gasteiger partial charge in [-0.1, -0.05) is 45.8 Å². The van der Waals surface area contributed by atoms with Crippen LogP contribution in [0.3, 0.4) is 0 Å². The molecule has 0 spiro atoms. The molecule has 0 nitrogen and oxygen atoms in total. The van der Waals surface area contributed by atoms with E-state index in [0.29, 0.717) is 0 Å². The summed E-state index contributed by atoms with van der Waals surface area (Å²) >= 11 is 13.2. The van der Waals surface area contributed by atoms with Gasteiger partial charge < -0.3 is 0 Å². The van der Waals surface area contributed by atoms with Gasteiger partial charge in [0.05, 0.1) is 7.11 Å². The molecule has 13 heavy (non-hydrogen) atoms. The van der Waals surface area contributed by atoms with E-state index in [2.05, 4.69) is 45.8 Å². The van der Waals surface area contributed by atoms with Crippen LogP contribution >= 0.6 is 22.2 Å². The highest BCUT2D eigenvalue weighted by molar-refractivity contribution is 7.87. The van der Waals surface area contributed by atoms with Crippen LogP contribution < -0.4 is 0 Å². The van der Waals surface area contributed by atoms with Gasteiger partial charge in [0.25, 0.3) is 0 Å². The highest BCUT2D eigenvalue weighted by atomic mass is 35.6. The van der Waals surface area contributed by atoms with Gasteiger partial charge in [0.1, 0.15) is 13.8 Å². The van der Waals surface area contributed by atoms with Crippen LogP contribution in [0.25, 0.3) is 0 Å². The van der Waals surface area contributed by atoms with Crippen molar-refractivity contribution in [2.24, 2.45) is 0 Å². The van der Waals surface area contributed by atoms with E-state index in [0.717, 1.165) is 0 Å². The van der Waals surface area contributed by atoms with Crippen LogP contribution in [0.2, 0.25) is 45.8 Å². The Balaban J connectivity index is 4.86. The average Bonchev–Trinajstić information content (AvgIpc) is 1.81. The summed E-state index contributed by atoms with van der Waals surface area (Å²) in [5.74, 6) is 0. The minimum atomic E-state index is -1.45. The van der Waals surface area contributed by atoms with Crippen molar-refractivity contribution in [1.82, 2.24) is 0 Å². The molecule has 0 amide bonds. The van der Waals surface area contributed by atoms with E-state index in [9.17, 15) is 0 Å². The Labute approximate surface area is 96.4 Å². The summed E-state index contributed by atoms with van der Waals surface area (Å²) in [7, 11) is -1.57. The number of rotatable bonds is 3. The molecule has 0 aliphatic rings. The van der Waals surface area contributed by atoms with Gasteiger partial charge in [-0.2, -0.15) is 22.2 Å². The molecule has 0 aromatic heterocycles. The summed E-state index contributed by atoms with van der Waals surface area (Å²) in [4.78, 5) is 0. The van der Waals surface area contributed by atoms with Crippen molar-refractivity contribution in [2.45, 2.75) is 45.8 Å². The van der Waals surface area contributed by atoms with Crippen LogP contribution in [-0.2, 0) is 0 Å². The molecule has 0 aliphatic carbocycles. The van der Waals surface area contributed by atoms with Gasteiger partial charge in [-0.3, -0.25) is 0 Å². The van der Waals surface area contributed by atoms with Crippen molar-refractivity contribution in [1.29, 1.82) is 0 Å². The van der Waals surface area contributed by atoms with Crippen LogP contribution in [-0.4, -0.2) is 28.7 Å². The summed E-state index contributed by atoms with van der Waals surface area (Å²) in [5.41, 5.74) is 0. The Morgan fingerprint density at radius 2 is 1.15 bits per heavy atom. The topological polar surface area (TPSA) is 0 Å². The van der Waals surface area contributed by atoms with Crippen molar-refractivity contribution in [3.05, 3.63) is 0 Å². The fourth-order valence-electron chi connectivity index (χ4n) is 1.19. The van der Waals surface area contributed by atoms with Crippen LogP contribution in [0.1, 0.15) is 0 Å². The van der Waals surface area contributed by atoms with Crippen LogP contribution in [0, 0.1) is 0 Å². The Hall–Kier alpha value is 1.45. The van der Waals surface area contributed by atoms with E-state index in [4.69, 9.17) is 22.2 Å². The van der Waals surface area contributed by atoms with Gasteiger partial charge in [-0.25, -0.2) is 0 Å². The Bertz CT molecular complexity index is 180. The molecule has 0 saturated heterocycles. The van der Waals surface area contributed by atoms with Crippen molar-refractivity contribution < 1.29 is 0 Å². The van der Waals surface area contributed by atoms with Crippen LogP contribution in [0.5, 0.6) is 0 Å². The molecular weight excluding hydrogens is 267 g/mol. The molecular formula is C7H21Cl2Si4. The van der Waals surface area contributed by atoms with E-state index >= 15 is 0 Å². The largest absolute Gasteiger partial charge is 0.172 e. The maximum Gasteiger partial charge on any atom is 0.138 e. The van der Waals surface area contributed by atoms with Gasteiger partial charge in [-0.15, -0.1) is 0 Å². The fourth-order valence-corrected chi connectivity index (χ4v) is 63.5. The monoisotopic (exact) mass is 287 g/mol. The molecule has 0 unspecified atom stereocenters. The van der Waals surface area contributed by atoms with Crippen LogP contribution in [0.4, 0.5) is 0 Å². The third-order valence-corrected chi connectivity index (χ3v) is 62.0. The Morgan fingerprint density at radius 1 is 0.846 bits per heavy atom. The predicted molar refractivity (Wildman–Crippen MR) is 75.8 cm³/mol. The standard InChI is InChI=1S/C7H21Cl2Si4/c1-10(11(2,3)8)13(6,7)12(4,5)9/h1-7H3. The molecule has 0 aliphatic heterocycles. The third-order valence-electron chi connectivity index (χ3n) is 3.32. The molecule has 0 fully saturated rings. The van der Waals surface area contributed by atoms with E-state index in [1.54, 1.807) is 0 Å². The molecule has 0 atom stereocenters. The molecule has 6 heteroatoms.